The van der Waals surface area contributed by atoms with Crippen molar-refractivity contribution < 1.29 is 18.7 Å². The van der Waals surface area contributed by atoms with Crippen molar-refractivity contribution in [2.24, 2.45) is 0 Å². The molecule has 8 heteroatoms. The van der Waals surface area contributed by atoms with Crippen molar-refractivity contribution in [1.29, 1.82) is 5.26 Å². The number of benzene rings is 1. The third kappa shape index (κ3) is 3.81. The van der Waals surface area contributed by atoms with Crippen LogP contribution < -0.4 is 10.5 Å². The monoisotopic (exact) mass is 398 g/mol. The summed E-state index contributed by atoms with van der Waals surface area (Å²) in [4.78, 5) is 12.2. The van der Waals surface area contributed by atoms with E-state index in [9.17, 15) is 14.4 Å². The van der Waals surface area contributed by atoms with Gasteiger partial charge in [0.15, 0.2) is 0 Å². The Hall–Kier alpha value is -2.11. The number of nitrogen functional groups attached to an aromatic ring is 1. The molecule has 0 bridgehead atoms. The predicted octanol–water partition coefficient (Wildman–Crippen LogP) is 3.86. The number of rotatable bonds is 5. The SMILES string of the molecule is CCOC(=O)c1sc(N)c(C#N)c1COc1ccc(F)cc1Br. The Labute approximate surface area is 144 Å². The normalized spacial score (nSPS) is 10.2. The van der Waals surface area contributed by atoms with Crippen LogP contribution in [0.4, 0.5) is 9.39 Å². The van der Waals surface area contributed by atoms with Crippen LogP contribution in [0.1, 0.15) is 27.7 Å². The molecule has 0 fully saturated rings. The molecule has 120 valence electrons. The number of nitrogens with two attached hydrogens (primary N) is 1. The third-order valence-electron chi connectivity index (χ3n) is 2.87. The maximum absolute atomic E-state index is 13.1. The maximum atomic E-state index is 13.1. The number of carbonyl (C=O) groups excluding carboxylic acids is 1. The van der Waals surface area contributed by atoms with E-state index < -0.39 is 11.8 Å². The zero-order valence-electron chi connectivity index (χ0n) is 12.1. The molecule has 5 nitrogen and oxygen atoms in total. The number of carbonyl (C=O) groups is 1. The van der Waals surface area contributed by atoms with Gasteiger partial charge >= 0.3 is 5.97 Å². The molecule has 23 heavy (non-hydrogen) atoms. The van der Waals surface area contributed by atoms with E-state index in [2.05, 4.69) is 15.9 Å². The van der Waals surface area contributed by atoms with Gasteiger partial charge in [-0.2, -0.15) is 5.26 Å². The second-order valence-electron chi connectivity index (χ2n) is 4.34. The highest BCUT2D eigenvalue weighted by atomic mass is 79.9. The van der Waals surface area contributed by atoms with Gasteiger partial charge in [0.1, 0.15) is 34.1 Å². The first kappa shape index (κ1) is 17.2. The van der Waals surface area contributed by atoms with Crippen LogP contribution in [0.15, 0.2) is 22.7 Å². The molecule has 2 N–H and O–H groups in total. The minimum atomic E-state index is -0.553. The van der Waals surface area contributed by atoms with Gasteiger partial charge in [0.25, 0.3) is 0 Å². The molecular formula is C15H12BrFN2O3S. The number of anilines is 1. The molecule has 0 aliphatic rings. The molecule has 2 rings (SSSR count). The van der Waals surface area contributed by atoms with Gasteiger partial charge in [-0.25, -0.2) is 9.18 Å². The lowest BCUT2D eigenvalue weighted by Gasteiger charge is -2.09. The van der Waals surface area contributed by atoms with Gasteiger partial charge in [0, 0.05) is 5.56 Å². The topological polar surface area (TPSA) is 85.3 Å². The number of nitriles is 1. The Morgan fingerprint density at radius 2 is 2.26 bits per heavy atom. The average Bonchev–Trinajstić information content (AvgIpc) is 2.82. The first-order valence-electron chi connectivity index (χ1n) is 6.54. The largest absolute Gasteiger partial charge is 0.488 e. The third-order valence-corrected chi connectivity index (χ3v) is 4.53. The lowest BCUT2D eigenvalue weighted by atomic mass is 10.1. The quantitative estimate of drug-likeness (QED) is 0.772. The van der Waals surface area contributed by atoms with Crippen LogP contribution in [0.25, 0.3) is 0 Å². The van der Waals surface area contributed by atoms with Gasteiger partial charge in [-0.15, -0.1) is 11.3 Å². The number of esters is 1. The summed E-state index contributed by atoms with van der Waals surface area (Å²) in [5, 5.41) is 9.45. The Morgan fingerprint density at radius 1 is 1.52 bits per heavy atom. The Kier molecular flexibility index (Phi) is 5.58. The highest BCUT2D eigenvalue weighted by molar-refractivity contribution is 9.10. The predicted molar refractivity (Wildman–Crippen MR) is 87.8 cm³/mol. The van der Waals surface area contributed by atoms with Crippen molar-refractivity contribution in [3.05, 3.63) is 44.5 Å². The van der Waals surface area contributed by atoms with Crippen LogP contribution in [0.3, 0.4) is 0 Å². The summed E-state index contributed by atoms with van der Waals surface area (Å²) < 4.78 is 24.1. The Balaban J connectivity index is 2.31. The number of nitrogens with zero attached hydrogens (tertiary/aromatic N) is 1. The fourth-order valence-corrected chi connectivity index (χ4v) is 3.23. The number of ether oxygens (including phenoxy) is 2. The van der Waals surface area contributed by atoms with E-state index in [-0.39, 0.29) is 28.7 Å². The first-order valence-corrected chi connectivity index (χ1v) is 8.15. The van der Waals surface area contributed by atoms with E-state index in [4.69, 9.17) is 15.2 Å². The van der Waals surface area contributed by atoms with E-state index in [1.165, 1.54) is 18.2 Å². The van der Waals surface area contributed by atoms with Gasteiger partial charge < -0.3 is 15.2 Å². The molecule has 1 aromatic carbocycles. The lowest BCUT2D eigenvalue weighted by molar-refractivity contribution is 0.0529. The van der Waals surface area contributed by atoms with E-state index in [1.807, 2.05) is 6.07 Å². The summed E-state index contributed by atoms with van der Waals surface area (Å²) >= 11 is 4.17. The summed E-state index contributed by atoms with van der Waals surface area (Å²) in [5.41, 5.74) is 6.34. The molecule has 0 spiro atoms. The van der Waals surface area contributed by atoms with Gasteiger partial charge in [-0.05, 0) is 41.1 Å². The van der Waals surface area contributed by atoms with Crippen molar-refractivity contribution >= 4 is 38.2 Å². The smallest absolute Gasteiger partial charge is 0.348 e. The molecule has 0 aliphatic carbocycles. The van der Waals surface area contributed by atoms with E-state index >= 15 is 0 Å². The minimum Gasteiger partial charge on any atom is -0.488 e. The van der Waals surface area contributed by atoms with Gasteiger partial charge in [-0.3, -0.25) is 0 Å². The molecule has 0 saturated heterocycles. The van der Waals surface area contributed by atoms with Crippen molar-refractivity contribution in [3.63, 3.8) is 0 Å². The average molecular weight is 399 g/mol. The van der Waals surface area contributed by atoms with Crippen LogP contribution in [0, 0.1) is 17.1 Å². The number of hydrogen-bond donors (Lipinski definition) is 1. The van der Waals surface area contributed by atoms with Crippen molar-refractivity contribution in [2.75, 3.05) is 12.3 Å². The second-order valence-corrected chi connectivity index (χ2v) is 6.25. The molecule has 0 radical (unpaired) electrons. The molecule has 1 aromatic heterocycles. The minimum absolute atomic E-state index is 0.0605. The molecule has 0 amide bonds. The van der Waals surface area contributed by atoms with Crippen molar-refractivity contribution in [1.82, 2.24) is 0 Å². The van der Waals surface area contributed by atoms with E-state index in [0.29, 0.717) is 15.8 Å². The van der Waals surface area contributed by atoms with Gasteiger partial charge in [0.2, 0.25) is 0 Å². The molecule has 0 aliphatic heterocycles. The van der Waals surface area contributed by atoms with Crippen molar-refractivity contribution in [3.8, 4) is 11.8 Å². The summed E-state index contributed by atoms with van der Waals surface area (Å²) in [6.45, 7) is 1.84. The summed E-state index contributed by atoms with van der Waals surface area (Å²) in [6.07, 6.45) is 0. The van der Waals surface area contributed by atoms with Gasteiger partial charge in [0.05, 0.1) is 16.6 Å². The maximum Gasteiger partial charge on any atom is 0.348 e. The summed E-state index contributed by atoms with van der Waals surface area (Å²) in [6, 6.07) is 5.93. The molecular weight excluding hydrogens is 387 g/mol. The summed E-state index contributed by atoms with van der Waals surface area (Å²) in [7, 11) is 0. The highest BCUT2D eigenvalue weighted by Gasteiger charge is 2.23. The fraction of sp³-hybridized carbons (Fsp3) is 0.200. The standard InChI is InChI=1S/C15H12BrFN2O3S/c1-2-21-15(20)13-10(9(6-18)14(19)23-13)7-22-12-4-3-8(17)5-11(12)16/h3-5H,2,7,19H2,1H3. The van der Waals surface area contributed by atoms with Crippen molar-refractivity contribution in [2.45, 2.75) is 13.5 Å². The molecule has 1 heterocycles. The summed E-state index contributed by atoms with van der Waals surface area (Å²) in [5.74, 6) is -0.578. The molecule has 2 aromatic rings. The van der Waals surface area contributed by atoms with Crippen LogP contribution in [0.5, 0.6) is 5.75 Å². The van der Waals surface area contributed by atoms with Crippen LogP contribution in [-0.4, -0.2) is 12.6 Å². The van der Waals surface area contributed by atoms with Gasteiger partial charge in [-0.1, -0.05) is 0 Å². The first-order chi connectivity index (χ1) is 11.0. The molecule has 0 saturated carbocycles. The lowest BCUT2D eigenvalue weighted by Crippen LogP contribution is -2.08. The number of thiophene rings is 1. The van der Waals surface area contributed by atoms with Crippen LogP contribution in [-0.2, 0) is 11.3 Å². The van der Waals surface area contributed by atoms with Crippen LogP contribution >= 0.6 is 27.3 Å². The zero-order valence-corrected chi connectivity index (χ0v) is 14.5. The fourth-order valence-electron chi connectivity index (χ4n) is 1.85. The molecule has 0 atom stereocenters. The number of halogens is 2. The Morgan fingerprint density at radius 3 is 2.87 bits per heavy atom. The van der Waals surface area contributed by atoms with E-state index in [1.54, 1.807) is 6.92 Å². The van der Waals surface area contributed by atoms with E-state index in [0.717, 1.165) is 11.3 Å². The second kappa shape index (κ2) is 7.44. The number of hydrogen-bond acceptors (Lipinski definition) is 6. The zero-order chi connectivity index (χ0) is 17.0. The highest BCUT2D eigenvalue weighted by Crippen LogP contribution is 2.33. The Bertz CT molecular complexity index is 786. The van der Waals surface area contributed by atoms with Crippen LogP contribution in [0.2, 0.25) is 0 Å². The molecule has 0 unspecified atom stereocenters.